The minimum atomic E-state index is -0.476. The van der Waals surface area contributed by atoms with E-state index in [-0.39, 0.29) is 12.1 Å². The highest BCUT2D eigenvalue weighted by Crippen LogP contribution is 2.18. The maximum atomic E-state index is 12.2. The van der Waals surface area contributed by atoms with Crippen LogP contribution in [0.3, 0.4) is 0 Å². The Morgan fingerprint density at radius 2 is 2.06 bits per heavy atom. The maximum absolute atomic E-state index is 12.2. The van der Waals surface area contributed by atoms with Crippen LogP contribution in [0.4, 0.5) is 4.79 Å². The van der Waals surface area contributed by atoms with Gasteiger partial charge in [-0.05, 0) is 33.6 Å². The summed E-state index contributed by atoms with van der Waals surface area (Å²) in [5, 5.41) is 0. The molecule has 0 atom stereocenters. The van der Waals surface area contributed by atoms with Gasteiger partial charge in [-0.15, -0.1) is 12.3 Å². The van der Waals surface area contributed by atoms with Crippen molar-refractivity contribution in [1.82, 2.24) is 4.90 Å². The summed E-state index contributed by atoms with van der Waals surface area (Å²) >= 11 is 0. The molecule has 0 aromatic heterocycles. The molecule has 4 heteroatoms. The highest BCUT2D eigenvalue weighted by Gasteiger charge is 2.29. The van der Waals surface area contributed by atoms with E-state index in [0.717, 1.165) is 12.8 Å². The molecular formula is C14H23NO3. The molecule has 1 rings (SSSR count). The van der Waals surface area contributed by atoms with Gasteiger partial charge in [0, 0.05) is 32.2 Å². The number of rotatable bonds is 3. The second-order valence-electron chi connectivity index (χ2n) is 5.47. The molecule has 4 nitrogen and oxygen atoms in total. The normalized spacial score (nSPS) is 17.0. The molecule has 1 saturated heterocycles. The number of hydrogen-bond donors (Lipinski definition) is 0. The Morgan fingerprint density at radius 1 is 1.44 bits per heavy atom. The van der Waals surface area contributed by atoms with Crippen LogP contribution in [0.5, 0.6) is 0 Å². The quantitative estimate of drug-likeness (QED) is 0.725. The third-order valence-electron chi connectivity index (χ3n) is 2.76. The van der Waals surface area contributed by atoms with E-state index < -0.39 is 5.60 Å². The largest absolute Gasteiger partial charge is 0.444 e. The summed E-state index contributed by atoms with van der Waals surface area (Å²) in [6.45, 7) is 7.55. The predicted octanol–water partition coefficient (Wildman–Crippen LogP) is 2.43. The fourth-order valence-electron chi connectivity index (χ4n) is 1.93. The van der Waals surface area contributed by atoms with E-state index in [1.54, 1.807) is 4.90 Å². The van der Waals surface area contributed by atoms with Crippen molar-refractivity contribution in [3.63, 3.8) is 0 Å². The second-order valence-corrected chi connectivity index (χ2v) is 5.47. The van der Waals surface area contributed by atoms with Gasteiger partial charge >= 0.3 is 6.09 Å². The van der Waals surface area contributed by atoms with Crippen LogP contribution in [-0.4, -0.2) is 42.4 Å². The standard InChI is InChI=1S/C14H23NO3/c1-5-6-9-15(12-7-10-17-11-8-12)13(16)18-14(2,3)4/h1,12H,6-11H2,2-4H3. The smallest absolute Gasteiger partial charge is 0.410 e. The molecule has 1 aliphatic heterocycles. The molecule has 0 saturated carbocycles. The molecule has 0 bridgehead atoms. The number of hydrogen-bond acceptors (Lipinski definition) is 3. The van der Waals surface area contributed by atoms with Crippen LogP contribution in [0, 0.1) is 12.3 Å². The zero-order valence-electron chi connectivity index (χ0n) is 11.6. The van der Waals surface area contributed by atoms with Crippen LogP contribution < -0.4 is 0 Å². The first-order chi connectivity index (χ1) is 8.44. The van der Waals surface area contributed by atoms with Crippen molar-refractivity contribution in [2.75, 3.05) is 19.8 Å². The molecule has 1 amide bonds. The van der Waals surface area contributed by atoms with Crippen molar-refractivity contribution >= 4 is 6.09 Å². The van der Waals surface area contributed by atoms with Crippen molar-refractivity contribution in [2.24, 2.45) is 0 Å². The monoisotopic (exact) mass is 253 g/mol. The molecule has 1 aliphatic rings. The van der Waals surface area contributed by atoms with Gasteiger partial charge in [0.25, 0.3) is 0 Å². The van der Waals surface area contributed by atoms with E-state index >= 15 is 0 Å². The van der Waals surface area contributed by atoms with Gasteiger partial charge in [0.15, 0.2) is 0 Å². The van der Waals surface area contributed by atoms with Gasteiger partial charge in [-0.1, -0.05) is 0 Å². The molecule has 0 unspecified atom stereocenters. The van der Waals surface area contributed by atoms with Crippen molar-refractivity contribution in [2.45, 2.75) is 51.7 Å². The van der Waals surface area contributed by atoms with Crippen LogP contribution in [0.2, 0.25) is 0 Å². The minimum absolute atomic E-state index is 0.182. The number of carbonyl (C=O) groups is 1. The van der Waals surface area contributed by atoms with Gasteiger partial charge in [0.2, 0.25) is 0 Å². The first kappa shape index (κ1) is 14.8. The van der Waals surface area contributed by atoms with Crippen LogP contribution in [0.15, 0.2) is 0 Å². The van der Waals surface area contributed by atoms with Crippen molar-refractivity contribution in [1.29, 1.82) is 0 Å². The van der Waals surface area contributed by atoms with Crippen LogP contribution in [-0.2, 0) is 9.47 Å². The highest BCUT2D eigenvalue weighted by atomic mass is 16.6. The molecule has 0 aromatic rings. The molecule has 0 aromatic carbocycles. The van der Waals surface area contributed by atoms with E-state index in [9.17, 15) is 4.79 Å². The summed E-state index contributed by atoms with van der Waals surface area (Å²) < 4.78 is 10.7. The third kappa shape index (κ3) is 4.97. The summed E-state index contributed by atoms with van der Waals surface area (Å²) in [7, 11) is 0. The molecule has 18 heavy (non-hydrogen) atoms. The molecule has 1 heterocycles. The van der Waals surface area contributed by atoms with Crippen molar-refractivity contribution < 1.29 is 14.3 Å². The molecule has 1 fully saturated rings. The Kier molecular flexibility index (Phi) is 5.49. The lowest BCUT2D eigenvalue weighted by Gasteiger charge is -2.35. The molecule has 0 aliphatic carbocycles. The van der Waals surface area contributed by atoms with Gasteiger partial charge in [0.1, 0.15) is 5.60 Å². The summed E-state index contributed by atoms with van der Waals surface area (Å²) in [5.41, 5.74) is -0.476. The first-order valence-corrected chi connectivity index (χ1v) is 6.45. The third-order valence-corrected chi connectivity index (χ3v) is 2.76. The number of ether oxygens (including phenoxy) is 2. The Bertz CT molecular complexity index is 308. The molecule has 0 radical (unpaired) electrons. The summed E-state index contributed by atoms with van der Waals surface area (Å²) in [4.78, 5) is 13.9. The minimum Gasteiger partial charge on any atom is -0.444 e. The highest BCUT2D eigenvalue weighted by molar-refractivity contribution is 5.68. The summed E-state index contributed by atoms with van der Waals surface area (Å²) in [6.07, 6.45) is 7.26. The van der Waals surface area contributed by atoms with E-state index in [1.807, 2.05) is 20.8 Å². The maximum Gasteiger partial charge on any atom is 0.410 e. The lowest BCUT2D eigenvalue weighted by Crippen LogP contribution is -2.46. The Hall–Kier alpha value is -1.21. The van der Waals surface area contributed by atoms with Gasteiger partial charge in [-0.25, -0.2) is 4.79 Å². The van der Waals surface area contributed by atoms with E-state index in [1.165, 1.54) is 0 Å². The summed E-state index contributed by atoms with van der Waals surface area (Å²) in [5.74, 6) is 2.57. The Morgan fingerprint density at radius 3 is 2.56 bits per heavy atom. The predicted molar refractivity (Wildman–Crippen MR) is 70.2 cm³/mol. The van der Waals surface area contributed by atoms with Gasteiger partial charge in [-0.2, -0.15) is 0 Å². The first-order valence-electron chi connectivity index (χ1n) is 6.45. The Balaban J connectivity index is 2.64. The second kappa shape index (κ2) is 6.65. The lowest BCUT2D eigenvalue weighted by atomic mass is 10.1. The molecule has 0 spiro atoms. The lowest BCUT2D eigenvalue weighted by molar-refractivity contribution is -0.00495. The van der Waals surface area contributed by atoms with Crippen molar-refractivity contribution in [3.8, 4) is 12.3 Å². The number of amides is 1. The van der Waals surface area contributed by atoms with Crippen LogP contribution >= 0.6 is 0 Å². The van der Waals surface area contributed by atoms with Gasteiger partial charge < -0.3 is 14.4 Å². The fraction of sp³-hybridized carbons (Fsp3) is 0.786. The SMILES string of the molecule is C#CCCN(C(=O)OC(C)(C)C)C1CCOCC1. The van der Waals surface area contributed by atoms with Gasteiger partial charge in [0.05, 0.1) is 0 Å². The van der Waals surface area contributed by atoms with E-state index in [0.29, 0.717) is 26.2 Å². The average Bonchev–Trinajstić information content (AvgIpc) is 2.28. The molecular weight excluding hydrogens is 230 g/mol. The van der Waals surface area contributed by atoms with E-state index in [2.05, 4.69) is 5.92 Å². The number of nitrogens with zero attached hydrogens (tertiary/aromatic N) is 1. The zero-order chi connectivity index (χ0) is 13.6. The van der Waals surface area contributed by atoms with Crippen LogP contribution in [0.25, 0.3) is 0 Å². The Labute approximate surface area is 110 Å². The summed E-state index contributed by atoms with van der Waals surface area (Å²) in [6, 6.07) is 0.182. The number of carbonyl (C=O) groups excluding carboxylic acids is 1. The zero-order valence-corrected chi connectivity index (χ0v) is 11.6. The van der Waals surface area contributed by atoms with Crippen molar-refractivity contribution in [3.05, 3.63) is 0 Å². The molecule has 0 N–H and O–H groups in total. The number of terminal acetylenes is 1. The van der Waals surface area contributed by atoms with Crippen LogP contribution in [0.1, 0.15) is 40.0 Å². The average molecular weight is 253 g/mol. The van der Waals surface area contributed by atoms with E-state index in [4.69, 9.17) is 15.9 Å². The molecule has 102 valence electrons. The fourth-order valence-corrected chi connectivity index (χ4v) is 1.93. The van der Waals surface area contributed by atoms with Gasteiger partial charge in [-0.3, -0.25) is 0 Å². The topological polar surface area (TPSA) is 38.8 Å².